The van der Waals surface area contributed by atoms with Crippen molar-refractivity contribution in [1.29, 1.82) is 0 Å². The monoisotopic (exact) mass is 320 g/mol. The Balaban J connectivity index is 1.80. The van der Waals surface area contributed by atoms with Crippen LogP contribution in [0.5, 0.6) is 23.0 Å². The lowest BCUT2D eigenvalue weighted by atomic mass is 10.2. The number of rotatable bonds is 0. The summed E-state index contributed by atoms with van der Waals surface area (Å²) in [6.07, 6.45) is 0. The van der Waals surface area contributed by atoms with Crippen molar-refractivity contribution < 1.29 is 9.47 Å². The minimum Gasteiger partial charge on any atom is -0.456 e. The second-order valence-corrected chi connectivity index (χ2v) is 8.55. The van der Waals surface area contributed by atoms with E-state index in [1.165, 1.54) is 25.7 Å². The van der Waals surface area contributed by atoms with E-state index in [9.17, 15) is 0 Å². The lowest BCUT2D eigenvalue weighted by molar-refractivity contribution is 0.465. The topological polar surface area (TPSA) is 18.5 Å². The van der Waals surface area contributed by atoms with Gasteiger partial charge in [0.05, 0.1) is 5.30 Å². The van der Waals surface area contributed by atoms with Gasteiger partial charge in [-0.3, -0.25) is 0 Å². The van der Waals surface area contributed by atoms with E-state index in [4.69, 9.17) is 9.47 Å². The summed E-state index contributed by atoms with van der Waals surface area (Å²) in [5.41, 5.74) is 0. The molecule has 3 aliphatic rings. The first kappa shape index (κ1) is 11.6. The van der Waals surface area contributed by atoms with Gasteiger partial charge in [-0.05, 0) is 36.4 Å². The van der Waals surface area contributed by atoms with Gasteiger partial charge >= 0.3 is 0 Å². The Labute approximate surface area is 132 Å². The molecule has 4 heteroatoms. The molecule has 0 aromatic heterocycles. The Morgan fingerprint density at radius 2 is 1.05 bits per heavy atom. The van der Waals surface area contributed by atoms with Gasteiger partial charge in [0.25, 0.3) is 0 Å². The fourth-order valence-electron chi connectivity index (χ4n) is 3.35. The number of hydrogen-bond donors (Lipinski definition) is 0. The number of benzene rings is 3. The van der Waals surface area contributed by atoms with Crippen LogP contribution in [0.1, 0.15) is 0 Å². The van der Waals surface area contributed by atoms with E-state index in [2.05, 4.69) is 48.5 Å². The van der Waals surface area contributed by atoms with Crippen LogP contribution < -0.4 is 25.4 Å². The molecule has 3 heterocycles. The zero-order valence-corrected chi connectivity index (χ0v) is 13.1. The highest BCUT2D eigenvalue weighted by molar-refractivity contribution is 8.02. The lowest BCUT2D eigenvalue weighted by Crippen LogP contribution is -2.35. The van der Waals surface area contributed by atoms with Gasteiger partial charge in [-0.25, -0.2) is 0 Å². The molecule has 3 aliphatic heterocycles. The maximum absolute atomic E-state index is 6.17. The Hall–Kier alpha value is -1.96. The van der Waals surface area contributed by atoms with Gasteiger partial charge in [0, 0.05) is 28.3 Å². The van der Waals surface area contributed by atoms with Crippen molar-refractivity contribution in [2.24, 2.45) is 0 Å². The first-order valence-electron chi connectivity index (χ1n) is 7.13. The molecule has 2 nitrogen and oxygen atoms in total. The van der Waals surface area contributed by atoms with Crippen molar-refractivity contribution in [2.75, 3.05) is 0 Å². The van der Waals surface area contributed by atoms with Crippen LogP contribution in [-0.4, -0.2) is 0 Å². The molecule has 0 amide bonds. The third-order valence-electron chi connectivity index (χ3n) is 4.22. The van der Waals surface area contributed by atoms with E-state index >= 15 is 0 Å². The van der Waals surface area contributed by atoms with Gasteiger partial charge in [-0.15, -0.1) is 0 Å². The summed E-state index contributed by atoms with van der Waals surface area (Å²) < 4.78 is 12.3. The highest BCUT2D eigenvalue weighted by Gasteiger charge is 2.41. The van der Waals surface area contributed by atoms with Crippen LogP contribution in [0.25, 0.3) is 0 Å². The molecule has 0 N–H and O–H groups in total. The SMILES string of the molecule is c1cc2c3c(c1)Oc1cccc4c1P3c1c(cccc1S4)O2. The van der Waals surface area contributed by atoms with Gasteiger partial charge in [-0.1, -0.05) is 30.0 Å². The summed E-state index contributed by atoms with van der Waals surface area (Å²) in [6.45, 7) is 0. The van der Waals surface area contributed by atoms with E-state index < -0.39 is 7.92 Å². The maximum Gasteiger partial charge on any atom is 0.139 e. The summed E-state index contributed by atoms with van der Waals surface area (Å²) in [4.78, 5) is 2.63. The summed E-state index contributed by atoms with van der Waals surface area (Å²) in [5.74, 6) is 3.90. The van der Waals surface area contributed by atoms with Crippen LogP contribution in [0, 0.1) is 0 Å². The van der Waals surface area contributed by atoms with Gasteiger partial charge in [-0.2, -0.15) is 0 Å². The second-order valence-electron chi connectivity index (χ2n) is 5.45. The van der Waals surface area contributed by atoms with Crippen LogP contribution in [0.2, 0.25) is 0 Å². The summed E-state index contributed by atoms with van der Waals surface area (Å²) in [5, 5.41) is 3.94. The largest absolute Gasteiger partial charge is 0.456 e. The Morgan fingerprint density at radius 1 is 0.591 bits per heavy atom. The average molecular weight is 320 g/mol. The minimum absolute atomic E-state index is 0.574. The quantitative estimate of drug-likeness (QED) is 0.392. The van der Waals surface area contributed by atoms with Gasteiger partial charge < -0.3 is 9.47 Å². The molecule has 3 aromatic carbocycles. The Bertz CT molecular complexity index is 795. The highest BCUT2D eigenvalue weighted by atomic mass is 32.2. The Morgan fingerprint density at radius 3 is 1.59 bits per heavy atom. The molecule has 0 radical (unpaired) electrons. The van der Waals surface area contributed by atoms with Crippen LogP contribution in [0.3, 0.4) is 0 Å². The van der Waals surface area contributed by atoms with Crippen LogP contribution in [0.4, 0.5) is 0 Å². The van der Waals surface area contributed by atoms with Crippen molar-refractivity contribution in [1.82, 2.24) is 0 Å². The van der Waals surface area contributed by atoms with Crippen molar-refractivity contribution in [3.63, 3.8) is 0 Å². The van der Waals surface area contributed by atoms with Crippen molar-refractivity contribution in [3.05, 3.63) is 54.6 Å². The highest BCUT2D eigenvalue weighted by Crippen LogP contribution is 2.58. The summed E-state index contributed by atoms with van der Waals surface area (Å²) in [6, 6.07) is 18.8. The molecule has 0 spiro atoms. The normalized spacial score (nSPS) is 15.6. The van der Waals surface area contributed by atoms with E-state index in [0.717, 1.165) is 23.0 Å². The predicted octanol–water partition coefficient (Wildman–Crippen LogP) is 4.12. The number of ether oxygens (including phenoxy) is 2. The number of hydrogen-bond acceptors (Lipinski definition) is 3. The molecule has 0 bridgehead atoms. The Kier molecular flexibility index (Phi) is 2.04. The molecule has 104 valence electrons. The molecule has 0 fully saturated rings. The first-order chi connectivity index (χ1) is 10.9. The van der Waals surface area contributed by atoms with E-state index in [-0.39, 0.29) is 0 Å². The molecular weight excluding hydrogens is 311 g/mol. The van der Waals surface area contributed by atoms with Crippen LogP contribution in [-0.2, 0) is 0 Å². The first-order valence-corrected chi connectivity index (χ1v) is 9.29. The standard InChI is InChI=1S/C18H9O2PS/c1-4-10-16-11(5-1)20-13-7-3-9-15-18(13)21(16)17-12(19-10)6-2-8-14(17)22-15/h1-9H. The van der Waals surface area contributed by atoms with Crippen LogP contribution in [0.15, 0.2) is 64.4 Å². The summed E-state index contributed by atoms with van der Waals surface area (Å²) in [7, 11) is -0.574. The molecule has 22 heavy (non-hydrogen) atoms. The molecule has 0 unspecified atom stereocenters. The maximum atomic E-state index is 6.17. The molecule has 3 aromatic rings. The third-order valence-corrected chi connectivity index (χ3v) is 8.34. The predicted molar refractivity (Wildman–Crippen MR) is 89.4 cm³/mol. The second kappa shape index (κ2) is 3.87. The summed E-state index contributed by atoms with van der Waals surface area (Å²) >= 11 is 1.82. The third kappa shape index (κ3) is 1.28. The lowest BCUT2D eigenvalue weighted by Gasteiger charge is -2.38. The molecule has 0 saturated carbocycles. The van der Waals surface area contributed by atoms with Crippen molar-refractivity contribution in [3.8, 4) is 23.0 Å². The zero-order chi connectivity index (χ0) is 14.3. The van der Waals surface area contributed by atoms with E-state index in [0.29, 0.717) is 0 Å². The fraction of sp³-hybridized carbons (Fsp3) is 0. The molecular formula is C18H9O2PS. The molecule has 0 atom stereocenters. The smallest absolute Gasteiger partial charge is 0.139 e. The van der Waals surface area contributed by atoms with Crippen molar-refractivity contribution in [2.45, 2.75) is 9.79 Å². The molecule has 6 rings (SSSR count). The van der Waals surface area contributed by atoms with Crippen molar-refractivity contribution >= 4 is 35.6 Å². The minimum atomic E-state index is -0.574. The molecule has 0 saturated heterocycles. The molecule has 0 aliphatic carbocycles. The van der Waals surface area contributed by atoms with Crippen LogP contribution >= 0.6 is 19.7 Å². The zero-order valence-electron chi connectivity index (χ0n) is 11.4. The fourth-order valence-corrected chi connectivity index (χ4v) is 7.72. The van der Waals surface area contributed by atoms with E-state index in [1.807, 2.05) is 17.8 Å². The average Bonchev–Trinajstić information content (AvgIpc) is 2.55. The van der Waals surface area contributed by atoms with Gasteiger partial charge in [0.1, 0.15) is 23.0 Å². The van der Waals surface area contributed by atoms with Gasteiger partial charge in [0.2, 0.25) is 0 Å². The van der Waals surface area contributed by atoms with Gasteiger partial charge in [0.15, 0.2) is 0 Å². The van der Waals surface area contributed by atoms with E-state index in [1.54, 1.807) is 0 Å².